The maximum atomic E-state index is 2.65. The molecule has 1 aromatic heterocycles. The van der Waals surface area contributed by atoms with Crippen molar-refractivity contribution in [2.75, 3.05) is 0 Å². The molecule has 0 spiro atoms. The lowest BCUT2D eigenvalue weighted by Crippen LogP contribution is -2.33. The Kier molecular flexibility index (Phi) is 7.33. The van der Waals surface area contributed by atoms with Gasteiger partial charge in [-0.3, -0.25) is 0 Å². The summed E-state index contributed by atoms with van der Waals surface area (Å²) in [6.07, 6.45) is 21.8. The van der Waals surface area contributed by atoms with Crippen molar-refractivity contribution in [3.8, 4) is 16.8 Å². The van der Waals surface area contributed by atoms with Crippen LogP contribution in [0.15, 0.2) is 204 Å². The average Bonchev–Trinajstić information content (AvgIpc) is 3.90. The van der Waals surface area contributed by atoms with Gasteiger partial charge in [-0.05, 0) is 149 Å². The Balaban J connectivity index is 1.19. The van der Waals surface area contributed by atoms with Gasteiger partial charge >= 0.3 is 0 Å². The zero-order valence-corrected chi connectivity index (χ0v) is 32.3. The first-order valence-corrected chi connectivity index (χ1v) is 21.2. The van der Waals surface area contributed by atoms with Crippen LogP contribution in [0.4, 0.5) is 0 Å². The summed E-state index contributed by atoms with van der Waals surface area (Å²) in [5.74, 6) is 0. The van der Waals surface area contributed by atoms with Gasteiger partial charge in [-0.15, -0.1) is 0 Å². The molecular weight excluding hydrogens is 687 g/mol. The Bertz CT molecular complexity index is 2860. The Hall–Kier alpha value is -6.18. The monoisotopic (exact) mass is 731 g/mol. The molecule has 5 aliphatic rings. The van der Waals surface area contributed by atoms with E-state index in [1.54, 1.807) is 16.7 Å². The molecule has 0 radical (unpaired) electrons. The van der Waals surface area contributed by atoms with Crippen LogP contribution in [0.1, 0.15) is 79.2 Å². The van der Waals surface area contributed by atoms with Crippen LogP contribution in [0.25, 0.3) is 38.6 Å². The van der Waals surface area contributed by atoms with E-state index in [4.69, 9.17) is 0 Å². The molecule has 57 heavy (non-hydrogen) atoms. The third-order valence-corrected chi connectivity index (χ3v) is 14.1. The first-order chi connectivity index (χ1) is 28.3. The van der Waals surface area contributed by atoms with E-state index in [1.165, 1.54) is 103 Å². The summed E-state index contributed by atoms with van der Waals surface area (Å²) >= 11 is 0. The maximum absolute atomic E-state index is 2.65. The largest absolute Gasteiger partial charge is 0.309 e. The zero-order valence-electron chi connectivity index (χ0n) is 32.3. The van der Waals surface area contributed by atoms with Crippen molar-refractivity contribution >= 4 is 21.8 Å². The van der Waals surface area contributed by atoms with Crippen LogP contribution in [0.2, 0.25) is 0 Å². The quantitative estimate of drug-likeness (QED) is 0.155. The van der Waals surface area contributed by atoms with Crippen molar-refractivity contribution in [1.29, 1.82) is 0 Å². The molecule has 0 atom stereocenters. The lowest BCUT2D eigenvalue weighted by molar-refractivity contribution is 0.563. The maximum Gasteiger partial charge on any atom is 0.0713 e. The van der Waals surface area contributed by atoms with Crippen LogP contribution in [-0.4, -0.2) is 4.57 Å². The van der Waals surface area contributed by atoms with Crippen molar-refractivity contribution in [3.63, 3.8) is 0 Å². The highest BCUT2D eigenvalue weighted by Gasteiger charge is 2.50. The van der Waals surface area contributed by atoms with Gasteiger partial charge in [0.2, 0.25) is 0 Å². The summed E-state index contributed by atoms with van der Waals surface area (Å²) in [6, 6.07) is 55.5. The van der Waals surface area contributed by atoms with Crippen molar-refractivity contribution in [3.05, 3.63) is 232 Å². The van der Waals surface area contributed by atoms with Gasteiger partial charge in [-0.25, -0.2) is 0 Å². The van der Waals surface area contributed by atoms with Crippen LogP contribution in [0.3, 0.4) is 0 Å². The molecule has 0 amide bonds. The zero-order chi connectivity index (χ0) is 37.6. The van der Waals surface area contributed by atoms with Gasteiger partial charge in [-0.2, -0.15) is 0 Å². The SMILES string of the molecule is C1=CC2=C(CC1)C(C1=CCCCC1)(c1ccc3c(c1)c1cc(C4(c5ccccc5)c5ccccc5-c5ccccc54)ccc1n3-c1ccccc1)C1=C2C=CCC1. The number of rotatable bonds is 5. The minimum Gasteiger partial charge on any atom is -0.309 e. The molecule has 0 unspecified atom stereocenters. The molecule has 0 bridgehead atoms. The Morgan fingerprint density at radius 1 is 0.439 bits per heavy atom. The number of fused-ring (bicyclic) bond motifs is 7. The molecule has 0 saturated carbocycles. The molecule has 0 aliphatic heterocycles. The summed E-state index contributed by atoms with van der Waals surface area (Å²) in [5.41, 5.74) is 20.4. The summed E-state index contributed by atoms with van der Waals surface area (Å²) in [5, 5.41) is 2.65. The van der Waals surface area contributed by atoms with E-state index in [0.717, 1.165) is 25.7 Å². The lowest BCUT2D eigenvalue weighted by Gasteiger charge is -2.41. The van der Waals surface area contributed by atoms with Crippen molar-refractivity contribution in [2.24, 2.45) is 0 Å². The molecule has 5 aliphatic carbocycles. The minimum absolute atomic E-state index is 0.178. The molecule has 0 N–H and O–H groups in total. The fourth-order valence-electron chi connectivity index (χ4n) is 12.0. The number of benzene rings is 6. The second-order valence-electron chi connectivity index (χ2n) is 16.7. The van der Waals surface area contributed by atoms with Gasteiger partial charge in [0.25, 0.3) is 0 Å². The normalized spacial score (nSPS) is 18.8. The van der Waals surface area contributed by atoms with Gasteiger partial charge in [0.15, 0.2) is 0 Å². The number of para-hydroxylation sites is 1. The molecule has 12 rings (SSSR count). The minimum atomic E-state index is -0.455. The van der Waals surface area contributed by atoms with Crippen LogP contribution < -0.4 is 0 Å². The Morgan fingerprint density at radius 3 is 1.56 bits per heavy atom. The van der Waals surface area contributed by atoms with E-state index in [1.807, 2.05) is 0 Å². The van der Waals surface area contributed by atoms with Gasteiger partial charge in [0.05, 0.1) is 21.9 Å². The summed E-state index contributed by atoms with van der Waals surface area (Å²) in [6.45, 7) is 0. The second-order valence-corrected chi connectivity index (χ2v) is 16.7. The lowest BCUT2D eigenvalue weighted by atomic mass is 9.61. The molecule has 0 fully saturated rings. The van der Waals surface area contributed by atoms with E-state index >= 15 is 0 Å². The van der Waals surface area contributed by atoms with Gasteiger partial charge in [0, 0.05) is 16.5 Å². The van der Waals surface area contributed by atoms with Crippen LogP contribution in [-0.2, 0) is 10.8 Å². The average molecular weight is 732 g/mol. The summed E-state index contributed by atoms with van der Waals surface area (Å²) < 4.78 is 2.51. The first kappa shape index (κ1) is 33.0. The molecule has 1 nitrogen and oxygen atoms in total. The predicted molar refractivity (Wildman–Crippen MR) is 237 cm³/mol. The van der Waals surface area contributed by atoms with Gasteiger partial charge in [-0.1, -0.05) is 145 Å². The number of allylic oxidation sites excluding steroid dienone is 10. The molecule has 6 aromatic carbocycles. The van der Waals surface area contributed by atoms with Crippen molar-refractivity contribution in [1.82, 2.24) is 4.57 Å². The summed E-state index contributed by atoms with van der Waals surface area (Å²) in [4.78, 5) is 0. The molecule has 7 aromatic rings. The second kappa shape index (κ2) is 12.7. The van der Waals surface area contributed by atoms with Crippen molar-refractivity contribution < 1.29 is 0 Å². The molecule has 1 heteroatoms. The van der Waals surface area contributed by atoms with Gasteiger partial charge in [0.1, 0.15) is 0 Å². The fourth-order valence-corrected chi connectivity index (χ4v) is 12.0. The predicted octanol–water partition coefficient (Wildman–Crippen LogP) is 14.2. The standard InChI is InChI=1S/C56H45N/c1-4-18-38(19-5-1)55(49-28-14-10-24-43(49)44-25-11-15-29-50(44)55)40-32-34-53-47(36-40)48-37-41(33-35-54(48)57(53)42-22-8-3-9-23-42)56(39-20-6-2-7-21-39)51-30-16-12-26-45(51)46-27-13-17-31-52(46)56/h1,3-5,8-15,18-20,22-29,32-37H,2,6-7,16-17,21,30-31H2. The van der Waals surface area contributed by atoms with E-state index in [-0.39, 0.29) is 5.41 Å². The first-order valence-electron chi connectivity index (χ1n) is 21.2. The highest BCUT2D eigenvalue weighted by molar-refractivity contribution is 6.10. The number of nitrogens with zero attached hydrogens (tertiary/aromatic N) is 1. The number of hydrogen-bond donors (Lipinski definition) is 0. The van der Waals surface area contributed by atoms with E-state index in [0.29, 0.717) is 0 Å². The summed E-state index contributed by atoms with van der Waals surface area (Å²) in [7, 11) is 0. The van der Waals surface area contributed by atoms with Crippen LogP contribution >= 0.6 is 0 Å². The van der Waals surface area contributed by atoms with Crippen LogP contribution in [0.5, 0.6) is 0 Å². The van der Waals surface area contributed by atoms with E-state index in [9.17, 15) is 0 Å². The molecule has 1 heterocycles. The Morgan fingerprint density at radius 2 is 0.982 bits per heavy atom. The fraction of sp³-hybridized carbons (Fsp3) is 0.179. The van der Waals surface area contributed by atoms with E-state index < -0.39 is 5.41 Å². The molecule has 0 saturated heterocycles. The number of hydrogen-bond acceptors (Lipinski definition) is 0. The highest BCUT2D eigenvalue weighted by atomic mass is 15.0. The van der Waals surface area contributed by atoms with Crippen LogP contribution in [0, 0.1) is 0 Å². The number of aromatic nitrogens is 1. The van der Waals surface area contributed by atoms with E-state index in [2.05, 4.69) is 181 Å². The molecular formula is C56H45N. The third-order valence-electron chi connectivity index (χ3n) is 14.1. The third kappa shape index (κ3) is 4.46. The van der Waals surface area contributed by atoms with Gasteiger partial charge < -0.3 is 4.57 Å². The molecule has 274 valence electrons. The smallest absolute Gasteiger partial charge is 0.0713 e. The van der Waals surface area contributed by atoms with Crippen molar-refractivity contribution in [2.45, 2.75) is 62.2 Å². The Labute approximate surface area is 335 Å². The highest BCUT2D eigenvalue weighted by Crippen LogP contribution is 2.61. The topological polar surface area (TPSA) is 4.93 Å².